The lowest BCUT2D eigenvalue weighted by Gasteiger charge is -2.19. The lowest BCUT2D eigenvalue weighted by molar-refractivity contribution is -0.139. The molecule has 0 bridgehead atoms. The van der Waals surface area contributed by atoms with Gasteiger partial charge in [0, 0.05) is 18.7 Å². The lowest BCUT2D eigenvalue weighted by atomic mass is 10.1. The average Bonchev–Trinajstić information content (AvgIpc) is 3.37. The van der Waals surface area contributed by atoms with Gasteiger partial charge in [0.25, 0.3) is 5.91 Å². The normalized spacial score (nSPS) is 16.0. The Morgan fingerprint density at radius 2 is 1.92 bits per heavy atom. The van der Waals surface area contributed by atoms with Crippen LogP contribution in [0.5, 0.6) is 0 Å². The number of hydrogen-bond donors (Lipinski definition) is 2. The Morgan fingerprint density at radius 3 is 2.42 bits per heavy atom. The number of sulfonamides is 1. The van der Waals surface area contributed by atoms with Gasteiger partial charge in [-0.15, -0.1) is 0 Å². The number of rotatable bonds is 8. The second-order valence-corrected chi connectivity index (χ2v) is 7.68. The first-order valence-electron chi connectivity index (χ1n) is 7.95. The van der Waals surface area contributed by atoms with E-state index in [9.17, 15) is 23.1 Å². The van der Waals surface area contributed by atoms with Gasteiger partial charge in [-0.05, 0) is 37.0 Å². The molecule has 132 valence electrons. The van der Waals surface area contributed by atoms with Crippen LogP contribution in [-0.4, -0.2) is 48.8 Å². The number of carbonyl (C=O) groups excluding carboxylic acids is 1. The first-order valence-corrected chi connectivity index (χ1v) is 9.39. The average molecular weight is 354 g/mol. The molecule has 0 spiro atoms. The van der Waals surface area contributed by atoms with Gasteiger partial charge in [-0.3, -0.25) is 4.79 Å². The molecule has 1 aromatic carbocycles. The maximum absolute atomic E-state index is 12.5. The molecule has 0 aromatic heterocycles. The Kier molecular flexibility index (Phi) is 5.61. The summed E-state index contributed by atoms with van der Waals surface area (Å²) in [7, 11) is -3.67. The summed E-state index contributed by atoms with van der Waals surface area (Å²) in [6, 6.07) is 4.75. The fraction of sp³-hybridized carbons (Fsp3) is 0.500. The van der Waals surface area contributed by atoms with Crippen molar-refractivity contribution in [2.45, 2.75) is 37.6 Å². The second kappa shape index (κ2) is 7.31. The van der Waals surface area contributed by atoms with Gasteiger partial charge in [0.1, 0.15) is 6.04 Å². The molecule has 0 radical (unpaired) electrons. The van der Waals surface area contributed by atoms with Crippen LogP contribution < -0.4 is 5.32 Å². The Bertz CT molecular complexity index is 724. The Morgan fingerprint density at radius 1 is 1.29 bits per heavy atom. The Labute approximate surface area is 141 Å². The van der Waals surface area contributed by atoms with Crippen molar-refractivity contribution in [3.63, 3.8) is 0 Å². The number of nitrogens with zero attached hydrogens (tertiary/aromatic N) is 1. The van der Waals surface area contributed by atoms with E-state index < -0.39 is 27.9 Å². The third-order valence-corrected chi connectivity index (χ3v) is 6.13. The first-order chi connectivity index (χ1) is 11.3. The van der Waals surface area contributed by atoms with Crippen molar-refractivity contribution in [3.05, 3.63) is 29.8 Å². The minimum atomic E-state index is -3.67. The molecule has 0 aliphatic heterocycles. The monoisotopic (exact) mass is 354 g/mol. The highest BCUT2D eigenvalue weighted by Crippen LogP contribution is 2.33. The highest BCUT2D eigenvalue weighted by Gasteiger charge is 2.37. The number of carbonyl (C=O) groups is 2. The molecule has 0 heterocycles. The summed E-state index contributed by atoms with van der Waals surface area (Å²) in [5.74, 6) is -1.70. The van der Waals surface area contributed by atoms with Gasteiger partial charge in [-0.25, -0.2) is 13.2 Å². The zero-order valence-corrected chi connectivity index (χ0v) is 14.5. The smallest absolute Gasteiger partial charge is 0.326 e. The van der Waals surface area contributed by atoms with Crippen LogP contribution in [0.15, 0.2) is 29.2 Å². The molecule has 8 heteroatoms. The van der Waals surface area contributed by atoms with Gasteiger partial charge in [0.2, 0.25) is 10.0 Å². The predicted molar refractivity (Wildman–Crippen MR) is 88.2 cm³/mol. The summed E-state index contributed by atoms with van der Waals surface area (Å²) in [5.41, 5.74) is 0.134. The zero-order valence-electron chi connectivity index (χ0n) is 13.7. The molecular weight excluding hydrogens is 332 g/mol. The van der Waals surface area contributed by atoms with Crippen molar-refractivity contribution < 1.29 is 23.1 Å². The highest BCUT2D eigenvalue weighted by molar-refractivity contribution is 7.89. The third kappa shape index (κ3) is 3.93. The molecule has 1 unspecified atom stereocenters. The standard InChI is InChI=1S/C16H22N2O5S/c1-3-18(4-2)24(22,23)13-7-5-6-12(10-13)15(19)17-14(16(20)21)11-8-9-11/h5-7,10-11,14H,3-4,8-9H2,1-2H3,(H,17,19)(H,20,21). The molecule has 7 nitrogen and oxygen atoms in total. The molecular formula is C16H22N2O5S. The molecule has 1 fully saturated rings. The number of amides is 1. The minimum absolute atomic E-state index is 0.0251. The van der Waals surface area contributed by atoms with Crippen molar-refractivity contribution in [1.82, 2.24) is 9.62 Å². The van der Waals surface area contributed by atoms with Gasteiger partial charge in [-0.2, -0.15) is 4.31 Å². The van der Waals surface area contributed by atoms with Crippen molar-refractivity contribution in [3.8, 4) is 0 Å². The van der Waals surface area contributed by atoms with E-state index in [0.29, 0.717) is 13.1 Å². The van der Waals surface area contributed by atoms with Crippen molar-refractivity contribution in [2.24, 2.45) is 5.92 Å². The van der Waals surface area contributed by atoms with Crippen LogP contribution in [0.3, 0.4) is 0 Å². The summed E-state index contributed by atoms with van der Waals surface area (Å²) in [4.78, 5) is 23.5. The van der Waals surface area contributed by atoms with E-state index in [1.54, 1.807) is 13.8 Å². The van der Waals surface area contributed by atoms with Gasteiger partial charge >= 0.3 is 5.97 Å². The van der Waals surface area contributed by atoms with E-state index in [1.807, 2.05) is 0 Å². The maximum Gasteiger partial charge on any atom is 0.326 e. The van der Waals surface area contributed by atoms with Crippen molar-refractivity contribution in [2.75, 3.05) is 13.1 Å². The number of nitrogens with one attached hydrogen (secondary N) is 1. The van der Waals surface area contributed by atoms with Crippen LogP contribution in [-0.2, 0) is 14.8 Å². The molecule has 1 saturated carbocycles. The van der Waals surface area contributed by atoms with Crippen LogP contribution in [0.25, 0.3) is 0 Å². The first kappa shape index (κ1) is 18.4. The van der Waals surface area contributed by atoms with E-state index in [-0.39, 0.29) is 16.4 Å². The summed E-state index contributed by atoms with van der Waals surface area (Å²) >= 11 is 0. The molecule has 1 aromatic rings. The summed E-state index contributed by atoms with van der Waals surface area (Å²) in [5, 5.41) is 11.7. The number of carboxylic acids is 1. The van der Waals surface area contributed by atoms with E-state index in [4.69, 9.17) is 0 Å². The van der Waals surface area contributed by atoms with E-state index in [1.165, 1.54) is 28.6 Å². The second-order valence-electron chi connectivity index (χ2n) is 5.74. The van der Waals surface area contributed by atoms with E-state index in [2.05, 4.69) is 5.32 Å². The van der Waals surface area contributed by atoms with Crippen LogP contribution in [0.4, 0.5) is 0 Å². The Balaban J connectivity index is 2.23. The summed E-state index contributed by atoms with van der Waals surface area (Å²) < 4.78 is 26.3. The van der Waals surface area contributed by atoms with Crippen molar-refractivity contribution >= 4 is 21.9 Å². The fourth-order valence-corrected chi connectivity index (χ4v) is 4.05. The summed E-state index contributed by atoms with van der Waals surface area (Å²) in [6.07, 6.45) is 1.54. The molecule has 24 heavy (non-hydrogen) atoms. The van der Waals surface area contributed by atoms with Crippen LogP contribution in [0.1, 0.15) is 37.0 Å². The maximum atomic E-state index is 12.5. The number of hydrogen-bond acceptors (Lipinski definition) is 4. The van der Waals surface area contributed by atoms with Crippen LogP contribution in [0, 0.1) is 5.92 Å². The summed E-state index contributed by atoms with van der Waals surface area (Å²) in [6.45, 7) is 4.14. The number of benzene rings is 1. The fourth-order valence-electron chi connectivity index (χ4n) is 2.55. The molecule has 0 saturated heterocycles. The van der Waals surface area contributed by atoms with Gasteiger partial charge < -0.3 is 10.4 Å². The number of aliphatic carboxylic acids is 1. The van der Waals surface area contributed by atoms with E-state index >= 15 is 0 Å². The SMILES string of the molecule is CCN(CC)S(=O)(=O)c1cccc(C(=O)NC(C(=O)O)C2CC2)c1. The molecule has 1 atom stereocenters. The van der Waals surface area contributed by atoms with Crippen LogP contribution in [0.2, 0.25) is 0 Å². The lowest BCUT2D eigenvalue weighted by Crippen LogP contribution is -2.42. The predicted octanol–water partition coefficient (Wildman–Crippen LogP) is 1.31. The molecule has 2 rings (SSSR count). The molecule has 1 amide bonds. The number of carboxylic acid groups (broad SMARTS) is 1. The highest BCUT2D eigenvalue weighted by atomic mass is 32.2. The van der Waals surface area contributed by atoms with Crippen molar-refractivity contribution in [1.29, 1.82) is 0 Å². The molecule has 1 aliphatic carbocycles. The van der Waals surface area contributed by atoms with Gasteiger partial charge in [0.15, 0.2) is 0 Å². The Hall–Kier alpha value is -1.93. The van der Waals surface area contributed by atoms with Crippen LogP contribution >= 0.6 is 0 Å². The largest absolute Gasteiger partial charge is 0.480 e. The molecule has 1 aliphatic rings. The minimum Gasteiger partial charge on any atom is -0.480 e. The van der Waals surface area contributed by atoms with Gasteiger partial charge in [0.05, 0.1) is 4.90 Å². The topological polar surface area (TPSA) is 104 Å². The van der Waals surface area contributed by atoms with E-state index in [0.717, 1.165) is 12.8 Å². The third-order valence-electron chi connectivity index (χ3n) is 4.09. The quantitative estimate of drug-likeness (QED) is 0.732. The molecule has 2 N–H and O–H groups in total. The van der Waals surface area contributed by atoms with Gasteiger partial charge in [-0.1, -0.05) is 19.9 Å². The zero-order chi connectivity index (χ0) is 17.9.